The third-order valence-corrected chi connectivity index (χ3v) is 9.23. The lowest BCUT2D eigenvalue weighted by Gasteiger charge is -2.56. The van der Waals surface area contributed by atoms with E-state index in [2.05, 4.69) is 10.2 Å². The summed E-state index contributed by atoms with van der Waals surface area (Å²) in [5.41, 5.74) is -0.714. The zero-order chi connectivity index (χ0) is 23.5. The van der Waals surface area contributed by atoms with Gasteiger partial charge in [-0.1, -0.05) is 23.1 Å². The van der Waals surface area contributed by atoms with Gasteiger partial charge in [0.15, 0.2) is 4.34 Å². The second-order valence-corrected chi connectivity index (χ2v) is 11.4. The number of ether oxygens (including phenoxy) is 1. The van der Waals surface area contributed by atoms with Crippen molar-refractivity contribution in [3.63, 3.8) is 0 Å². The van der Waals surface area contributed by atoms with E-state index in [4.69, 9.17) is 14.6 Å². The zero-order valence-corrected chi connectivity index (χ0v) is 20.6. The summed E-state index contributed by atoms with van der Waals surface area (Å²) >= 11 is 2.90. The molecule has 10 nitrogen and oxygen atoms in total. The van der Waals surface area contributed by atoms with Gasteiger partial charge >= 0.3 is 0 Å². The first-order chi connectivity index (χ1) is 15.3. The molecule has 0 radical (unpaired) electrons. The Morgan fingerprint density at radius 2 is 2.28 bits per heavy atom. The molecule has 2 amide bonds. The summed E-state index contributed by atoms with van der Waals surface area (Å²) in [6.45, 7) is 3.02. The van der Waals surface area contributed by atoms with Crippen molar-refractivity contribution in [2.24, 2.45) is 0 Å². The van der Waals surface area contributed by atoms with E-state index < -0.39 is 28.2 Å². The lowest BCUT2D eigenvalue weighted by Crippen LogP contribution is -2.83. The van der Waals surface area contributed by atoms with Crippen molar-refractivity contribution in [1.82, 2.24) is 15.1 Å². The number of fused-ring (bicyclic) bond motifs is 1. The Bertz CT molecular complexity index is 1010. The van der Waals surface area contributed by atoms with Crippen molar-refractivity contribution < 1.29 is 28.8 Å². The first-order valence-electron chi connectivity index (χ1n) is 9.09. The van der Waals surface area contributed by atoms with E-state index in [1.54, 1.807) is 18.3 Å². The number of methoxy groups -OCH3 is 1. The lowest BCUT2D eigenvalue weighted by atomic mass is 9.99. The van der Waals surface area contributed by atoms with E-state index in [-0.39, 0.29) is 12.4 Å². The molecule has 2 aliphatic heterocycles. The molecule has 0 bridgehead atoms. The van der Waals surface area contributed by atoms with E-state index >= 15 is 0 Å². The van der Waals surface area contributed by atoms with E-state index in [0.29, 0.717) is 16.5 Å². The molecule has 2 unspecified atom stereocenters. The van der Waals surface area contributed by atoms with Crippen molar-refractivity contribution in [3.05, 3.63) is 34.3 Å². The highest BCUT2D eigenvalue weighted by Gasteiger charge is 2.73. The molecule has 4 rings (SSSR count). The molecule has 4 heterocycles. The van der Waals surface area contributed by atoms with Crippen molar-refractivity contribution in [2.45, 2.75) is 29.3 Å². The summed E-state index contributed by atoms with van der Waals surface area (Å²) in [6, 6.07) is 3.54. The summed E-state index contributed by atoms with van der Waals surface area (Å²) in [5.74, 6) is 0.144. The Kier molecular flexibility index (Phi) is 7.95. The fourth-order valence-electron chi connectivity index (χ4n) is 3.45. The molecule has 2 aliphatic rings. The molecular weight excluding hydrogens is 496 g/mol. The standard InChI is InChI=1S/C17H18N4O4S4.CH2O2/c1-10-18-19-16(28-10)27-8-12-7-20-14(23)17(25-3,15(20)29(24)9-12)21(11(2)22)13-5-4-6-26-13;2-1-3/h4-7,15H,8-9H2,1-3H3;1H,(H,2,3)/t15-,17?,29?;/m1./s1. The molecule has 0 spiro atoms. The molecule has 172 valence electrons. The van der Waals surface area contributed by atoms with E-state index in [9.17, 15) is 14.1 Å². The van der Waals surface area contributed by atoms with Gasteiger partial charge < -0.3 is 14.4 Å². The molecule has 32 heavy (non-hydrogen) atoms. The quantitative estimate of drug-likeness (QED) is 0.201. The van der Waals surface area contributed by atoms with Crippen LogP contribution in [0.1, 0.15) is 11.9 Å². The molecule has 0 aliphatic carbocycles. The van der Waals surface area contributed by atoms with Gasteiger partial charge in [-0.25, -0.2) is 0 Å². The van der Waals surface area contributed by atoms with Gasteiger partial charge in [-0.15, -0.1) is 21.5 Å². The number of carboxylic acid groups (broad SMARTS) is 1. The Morgan fingerprint density at radius 3 is 2.81 bits per heavy atom. The topological polar surface area (TPSA) is 136 Å². The second kappa shape index (κ2) is 10.3. The van der Waals surface area contributed by atoms with Gasteiger partial charge in [0.2, 0.25) is 5.91 Å². The maximum Gasteiger partial charge on any atom is 0.298 e. The van der Waals surface area contributed by atoms with Gasteiger partial charge in [-0.05, 0) is 35.6 Å². The summed E-state index contributed by atoms with van der Waals surface area (Å²) in [6.07, 6.45) is 1.74. The van der Waals surface area contributed by atoms with Crippen LogP contribution < -0.4 is 4.90 Å². The molecular formula is C18H20N4O6S4. The van der Waals surface area contributed by atoms with Crippen LogP contribution >= 0.6 is 34.4 Å². The smallest absolute Gasteiger partial charge is 0.298 e. The average molecular weight is 517 g/mol. The van der Waals surface area contributed by atoms with Crippen LogP contribution in [0, 0.1) is 6.92 Å². The number of aromatic nitrogens is 2. The molecule has 1 fully saturated rings. The van der Waals surface area contributed by atoms with Crippen LogP contribution in [0.25, 0.3) is 0 Å². The van der Waals surface area contributed by atoms with Gasteiger partial charge in [0, 0.05) is 31.6 Å². The number of amides is 2. The summed E-state index contributed by atoms with van der Waals surface area (Å²) in [5, 5.41) is 17.5. The first kappa shape index (κ1) is 24.7. The van der Waals surface area contributed by atoms with Crippen LogP contribution in [0.2, 0.25) is 0 Å². The third kappa shape index (κ3) is 4.43. The number of rotatable bonds is 6. The minimum atomic E-state index is -1.59. The highest BCUT2D eigenvalue weighted by Crippen LogP contribution is 2.47. The molecule has 2 aromatic heterocycles. The normalized spacial score (nSPS) is 23.9. The number of carbonyl (C=O) groups is 3. The minimum Gasteiger partial charge on any atom is -0.614 e. The van der Waals surface area contributed by atoms with Gasteiger partial charge in [0.1, 0.15) is 15.8 Å². The first-order valence-corrected chi connectivity index (χ1v) is 13.2. The summed E-state index contributed by atoms with van der Waals surface area (Å²) in [7, 11) is 1.38. The third-order valence-electron chi connectivity index (χ3n) is 4.60. The Hall–Kier alpha value is -1.97. The maximum atomic E-state index is 13.2. The van der Waals surface area contributed by atoms with Crippen LogP contribution in [0.3, 0.4) is 0 Å². The number of carbonyl (C=O) groups excluding carboxylic acids is 2. The number of thioether (sulfide) groups is 1. The number of anilines is 1. The highest BCUT2D eigenvalue weighted by atomic mass is 32.2. The van der Waals surface area contributed by atoms with Gasteiger partial charge in [-0.2, -0.15) is 0 Å². The number of thiophene rings is 1. The fraction of sp³-hybridized carbons (Fsp3) is 0.389. The van der Waals surface area contributed by atoms with Crippen molar-refractivity contribution in [1.29, 1.82) is 0 Å². The molecule has 0 aromatic carbocycles. The van der Waals surface area contributed by atoms with E-state index in [1.807, 2.05) is 12.3 Å². The number of hydrogen-bond donors (Lipinski definition) is 1. The number of β-lactam (4-membered cyclic amide) rings is 1. The maximum absolute atomic E-state index is 13.2. The van der Waals surface area contributed by atoms with Gasteiger partial charge in [-0.3, -0.25) is 24.2 Å². The van der Waals surface area contributed by atoms with E-state index in [0.717, 1.165) is 14.9 Å². The van der Waals surface area contributed by atoms with Crippen molar-refractivity contribution in [2.75, 3.05) is 23.5 Å². The SMILES string of the molecule is COC1(N(C(C)=O)c2cccs2)C(=O)N2C=C(CSc3nnc(C)s3)C[S+]([O-])[C@@H]21.O=CO. The van der Waals surface area contributed by atoms with Crippen molar-refractivity contribution >= 4 is 68.9 Å². The average Bonchev–Trinajstić information content (AvgIpc) is 3.42. The Morgan fingerprint density at radius 1 is 1.56 bits per heavy atom. The number of nitrogens with zero attached hydrogens (tertiary/aromatic N) is 4. The van der Waals surface area contributed by atoms with Gasteiger partial charge in [0.05, 0.1) is 0 Å². The molecule has 3 atom stereocenters. The number of aryl methyl sites for hydroxylation is 1. The largest absolute Gasteiger partial charge is 0.614 e. The summed E-state index contributed by atoms with van der Waals surface area (Å²) in [4.78, 5) is 36.7. The van der Waals surface area contributed by atoms with E-state index in [1.165, 1.54) is 58.3 Å². The number of hydrogen-bond acceptors (Lipinski definition) is 10. The summed E-state index contributed by atoms with van der Waals surface area (Å²) < 4.78 is 19.6. The monoisotopic (exact) mass is 516 g/mol. The highest BCUT2D eigenvalue weighted by molar-refractivity contribution is 8.01. The predicted octanol–water partition coefficient (Wildman–Crippen LogP) is 1.91. The van der Waals surface area contributed by atoms with Crippen molar-refractivity contribution in [3.8, 4) is 0 Å². The van der Waals surface area contributed by atoms with Crippen LogP contribution in [-0.2, 0) is 30.3 Å². The second-order valence-electron chi connectivity index (χ2n) is 6.56. The van der Waals surface area contributed by atoms with Gasteiger partial charge in [0.25, 0.3) is 23.5 Å². The lowest BCUT2D eigenvalue weighted by molar-refractivity contribution is -0.182. The Balaban J connectivity index is 0.000000913. The minimum absolute atomic E-state index is 0.250. The fourth-order valence-corrected chi connectivity index (χ4v) is 7.95. The van der Waals surface area contributed by atoms with Crippen LogP contribution in [0.4, 0.5) is 5.00 Å². The molecule has 2 aromatic rings. The Labute approximate surface area is 199 Å². The zero-order valence-electron chi connectivity index (χ0n) is 17.3. The van der Waals surface area contributed by atoms with Crippen LogP contribution in [0.15, 0.2) is 33.6 Å². The molecule has 1 N–H and O–H groups in total. The molecule has 1 saturated heterocycles. The predicted molar refractivity (Wildman–Crippen MR) is 123 cm³/mol. The van der Waals surface area contributed by atoms with Crippen LogP contribution in [0.5, 0.6) is 0 Å². The molecule has 14 heteroatoms. The van der Waals surface area contributed by atoms with Crippen LogP contribution in [-0.4, -0.2) is 72.8 Å². The molecule has 0 saturated carbocycles.